The lowest BCUT2D eigenvalue weighted by molar-refractivity contribution is 0.120. The molecule has 90 valence electrons. The van der Waals surface area contributed by atoms with Crippen molar-refractivity contribution in [2.45, 2.75) is 52.5 Å². The molecule has 0 heterocycles. The zero-order valence-electron chi connectivity index (χ0n) is 10.4. The molecule has 1 fully saturated rings. The molecular weight excluding hydrogens is 204 g/mol. The molecule has 0 bridgehead atoms. The summed E-state index contributed by atoms with van der Waals surface area (Å²) in [5.74, 6) is 0.658. The monoisotopic (exact) mass is 224 g/mol. The van der Waals surface area contributed by atoms with Crippen molar-refractivity contribution in [3.05, 3.63) is 0 Å². The van der Waals surface area contributed by atoms with Crippen molar-refractivity contribution in [1.29, 1.82) is 5.26 Å². The number of nitriles is 1. The maximum atomic E-state index is 10.3. The Kier molecular flexibility index (Phi) is 5.20. The summed E-state index contributed by atoms with van der Waals surface area (Å²) in [5.41, 5.74) is 0.148. The number of aliphatic hydroxyl groups is 1. The van der Waals surface area contributed by atoms with Crippen molar-refractivity contribution in [3.8, 4) is 6.26 Å². The summed E-state index contributed by atoms with van der Waals surface area (Å²) in [6, 6.07) is 0. The topological polar surface area (TPSA) is 73.5 Å². The van der Waals surface area contributed by atoms with E-state index in [2.05, 4.69) is 32.7 Å². The molecule has 0 aliphatic heterocycles. The number of nitrogens with zero attached hydrogens (tertiary/aromatic N) is 2. The second-order valence-corrected chi connectivity index (χ2v) is 5.65. The summed E-state index contributed by atoms with van der Waals surface area (Å²) < 4.78 is 0. The Bertz CT molecular complexity index is 313. The van der Waals surface area contributed by atoms with Crippen LogP contribution in [0.2, 0.25) is 0 Å². The number of aliphatic hydroxyl groups excluding tert-OH is 1. The summed E-state index contributed by atoms with van der Waals surface area (Å²) in [6.07, 6.45) is 5.71. The van der Waals surface area contributed by atoms with Gasteiger partial charge in [-0.25, -0.2) is 4.79 Å². The van der Waals surface area contributed by atoms with Gasteiger partial charge in [-0.3, -0.25) is 0 Å². The Morgan fingerprint density at radius 2 is 1.88 bits per heavy atom. The molecule has 1 N–H and O–H groups in total. The van der Waals surface area contributed by atoms with Crippen molar-refractivity contribution < 1.29 is 9.90 Å². The van der Waals surface area contributed by atoms with Gasteiger partial charge in [0.05, 0.1) is 5.54 Å². The Morgan fingerprint density at radius 3 is 2.25 bits per heavy atom. The molecule has 1 rings (SSSR count). The molecule has 0 saturated heterocycles. The van der Waals surface area contributed by atoms with Gasteiger partial charge in [-0.2, -0.15) is 10.3 Å². The van der Waals surface area contributed by atoms with Crippen LogP contribution in [0.5, 0.6) is 0 Å². The van der Waals surface area contributed by atoms with E-state index in [0.29, 0.717) is 11.3 Å². The molecule has 4 heteroatoms. The second-order valence-electron chi connectivity index (χ2n) is 5.65. The third-order valence-corrected chi connectivity index (χ3v) is 2.86. The van der Waals surface area contributed by atoms with Crippen LogP contribution in [0.25, 0.3) is 0 Å². The lowest BCUT2D eigenvalue weighted by Gasteiger charge is -2.42. The molecule has 0 amide bonds. The SMILES string of the molecule is CC1CC(C)(C)CC(C)(N=C=O)C1.N#CO. The first-order chi connectivity index (χ1) is 7.28. The Balaban J connectivity index is 0.000000673. The van der Waals surface area contributed by atoms with E-state index >= 15 is 0 Å². The summed E-state index contributed by atoms with van der Waals surface area (Å²) in [6.45, 7) is 8.80. The van der Waals surface area contributed by atoms with Gasteiger partial charge in [0.15, 0.2) is 0 Å². The van der Waals surface area contributed by atoms with Crippen LogP contribution in [0.3, 0.4) is 0 Å². The third kappa shape index (κ3) is 4.95. The molecule has 0 radical (unpaired) electrons. The minimum absolute atomic E-state index is 0.164. The number of rotatable bonds is 1. The van der Waals surface area contributed by atoms with E-state index in [1.807, 2.05) is 0 Å². The number of hydrogen-bond acceptors (Lipinski definition) is 4. The molecule has 2 unspecified atom stereocenters. The molecule has 0 spiro atoms. The highest BCUT2D eigenvalue weighted by Crippen LogP contribution is 2.45. The van der Waals surface area contributed by atoms with E-state index in [1.165, 1.54) is 6.42 Å². The maximum Gasteiger partial charge on any atom is 0.283 e. The zero-order chi connectivity index (χ0) is 12.8. The van der Waals surface area contributed by atoms with E-state index in [-0.39, 0.29) is 5.54 Å². The molecule has 1 aliphatic rings. The van der Waals surface area contributed by atoms with Gasteiger partial charge in [0.25, 0.3) is 6.26 Å². The molecule has 1 saturated carbocycles. The molecule has 1 aliphatic carbocycles. The predicted octanol–water partition coefficient (Wildman–Crippen LogP) is 2.77. The third-order valence-electron chi connectivity index (χ3n) is 2.86. The molecular formula is C12H20N2O2. The van der Waals surface area contributed by atoms with Gasteiger partial charge in [-0.15, -0.1) is 0 Å². The lowest BCUT2D eigenvalue weighted by Crippen LogP contribution is -2.38. The average molecular weight is 224 g/mol. The minimum atomic E-state index is -0.164. The molecule has 0 aromatic rings. The maximum absolute atomic E-state index is 10.3. The highest BCUT2D eigenvalue weighted by atomic mass is 16.2. The van der Waals surface area contributed by atoms with Crippen molar-refractivity contribution >= 4 is 6.08 Å². The van der Waals surface area contributed by atoms with Crippen LogP contribution in [0.1, 0.15) is 47.0 Å². The average Bonchev–Trinajstić information content (AvgIpc) is 1.98. The van der Waals surface area contributed by atoms with Crippen molar-refractivity contribution in [2.75, 3.05) is 0 Å². The fourth-order valence-electron chi connectivity index (χ4n) is 3.14. The molecule has 0 aromatic carbocycles. The Labute approximate surface area is 97.0 Å². The first-order valence-corrected chi connectivity index (χ1v) is 5.41. The number of isocyanates is 1. The fourth-order valence-corrected chi connectivity index (χ4v) is 3.14. The standard InChI is InChI=1S/C11H19NO.CHNO/c1-9-5-10(2,3)7-11(4,6-9)12-8-13;2-1-3/h9H,5-7H2,1-4H3;3H. The summed E-state index contributed by atoms with van der Waals surface area (Å²) in [4.78, 5) is 14.3. The quantitative estimate of drug-likeness (QED) is 0.423. The first-order valence-electron chi connectivity index (χ1n) is 5.41. The molecule has 2 atom stereocenters. The van der Waals surface area contributed by atoms with E-state index in [4.69, 9.17) is 10.4 Å². The highest BCUT2D eigenvalue weighted by Gasteiger charge is 2.39. The second kappa shape index (κ2) is 5.67. The van der Waals surface area contributed by atoms with Gasteiger partial charge in [0.1, 0.15) is 0 Å². The highest BCUT2D eigenvalue weighted by molar-refractivity contribution is 5.35. The Hall–Kier alpha value is -1.33. The largest absolute Gasteiger partial charge is 0.443 e. The lowest BCUT2D eigenvalue weighted by atomic mass is 9.65. The van der Waals surface area contributed by atoms with Crippen molar-refractivity contribution in [2.24, 2.45) is 16.3 Å². The van der Waals surface area contributed by atoms with Crippen LogP contribution in [0.4, 0.5) is 0 Å². The van der Waals surface area contributed by atoms with Crippen molar-refractivity contribution in [3.63, 3.8) is 0 Å². The summed E-state index contributed by atoms with van der Waals surface area (Å²) in [7, 11) is 0. The molecule has 0 aromatic heterocycles. The normalized spacial score (nSPS) is 31.3. The Morgan fingerprint density at radius 1 is 1.38 bits per heavy atom. The first kappa shape index (κ1) is 14.7. The van der Waals surface area contributed by atoms with E-state index in [9.17, 15) is 4.79 Å². The predicted molar refractivity (Wildman–Crippen MR) is 60.9 cm³/mol. The number of carbonyl (C=O) groups excluding carboxylic acids is 1. The van der Waals surface area contributed by atoms with Gasteiger partial charge >= 0.3 is 0 Å². The summed E-state index contributed by atoms with van der Waals surface area (Å²) in [5, 5.41) is 13.8. The van der Waals surface area contributed by atoms with Crippen LogP contribution in [-0.4, -0.2) is 16.7 Å². The van der Waals surface area contributed by atoms with E-state index in [0.717, 1.165) is 19.1 Å². The smallest absolute Gasteiger partial charge is 0.283 e. The van der Waals surface area contributed by atoms with Crippen molar-refractivity contribution in [1.82, 2.24) is 0 Å². The van der Waals surface area contributed by atoms with Gasteiger partial charge < -0.3 is 5.11 Å². The van der Waals surface area contributed by atoms with Gasteiger partial charge in [-0.05, 0) is 37.5 Å². The fraction of sp³-hybridized carbons (Fsp3) is 0.833. The number of hydrogen-bond donors (Lipinski definition) is 1. The van der Waals surface area contributed by atoms with Crippen LogP contribution >= 0.6 is 0 Å². The number of aliphatic imine (C=N–C) groups is 1. The molecule has 4 nitrogen and oxygen atoms in total. The van der Waals surface area contributed by atoms with Crippen LogP contribution in [0, 0.1) is 22.9 Å². The minimum Gasteiger partial charge on any atom is -0.443 e. The van der Waals surface area contributed by atoms with E-state index < -0.39 is 0 Å². The van der Waals surface area contributed by atoms with Crippen LogP contribution < -0.4 is 0 Å². The van der Waals surface area contributed by atoms with Crippen LogP contribution in [0.15, 0.2) is 4.99 Å². The van der Waals surface area contributed by atoms with Gasteiger partial charge in [-0.1, -0.05) is 20.8 Å². The molecule has 16 heavy (non-hydrogen) atoms. The van der Waals surface area contributed by atoms with Crippen LogP contribution in [-0.2, 0) is 4.79 Å². The van der Waals surface area contributed by atoms with Gasteiger partial charge in [0, 0.05) is 0 Å². The van der Waals surface area contributed by atoms with E-state index in [1.54, 1.807) is 6.08 Å². The van der Waals surface area contributed by atoms with Gasteiger partial charge in [0.2, 0.25) is 6.08 Å². The summed E-state index contributed by atoms with van der Waals surface area (Å²) >= 11 is 0. The zero-order valence-corrected chi connectivity index (χ0v) is 10.4.